The van der Waals surface area contributed by atoms with Crippen LogP contribution in [0.15, 0.2) is 16.8 Å². The average Bonchev–Trinajstić information content (AvgIpc) is 2.57. The van der Waals surface area contributed by atoms with Crippen molar-refractivity contribution in [2.75, 3.05) is 5.88 Å². The Bertz CT molecular complexity index is 230. The molecule has 0 spiro atoms. The van der Waals surface area contributed by atoms with Crippen LogP contribution in [0, 0.1) is 5.41 Å². The van der Waals surface area contributed by atoms with Crippen LogP contribution in [-0.4, -0.2) is 5.88 Å². The smallest absolute Gasteiger partial charge is 0.0280 e. The molecule has 0 aliphatic rings. The van der Waals surface area contributed by atoms with Crippen LogP contribution < -0.4 is 0 Å². The van der Waals surface area contributed by atoms with Crippen molar-refractivity contribution in [3.05, 3.63) is 22.4 Å². The molecule has 2 heteroatoms. The summed E-state index contributed by atoms with van der Waals surface area (Å²) in [6, 6.07) is 2.20. The van der Waals surface area contributed by atoms with E-state index in [1.54, 1.807) is 11.3 Å². The summed E-state index contributed by atoms with van der Waals surface area (Å²) >= 11 is 7.77. The molecule has 0 aliphatic heterocycles. The zero-order valence-electron chi connectivity index (χ0n) is 8.35. The molecule has 0 N–H and O–H groups in total. The molecule has 1 aromatic rings. The molecule has 1 rings (SSSR count). The Morgan fingerprint density at radius 2 is 2.31 bits per heavy atom. The largest absolute Gasteiger partial charge is 0.152 e. The minimum atomic E-state index is 0.289. The first-order chi connectivity index (χ1) is 6.20. The van der Waals surface area contributed by atoms with Gasteiger partial charge in [-0.25, -0.2) is 0 Å². The molecule has 1 atom stereocenters. The lowest BCUT2D eigenvalue weighted by molar-refractivity contribution is 0.335. The zero-order chi connectivity index (χ0) is 9.73. The van der Waals surface area contributed by atoms with Crippen molar-refractivity contribution in [3.8, 4) is 0 Å². The molecule has 0 bridgehead atoms. The van der Waals surface area contributed by atoms with Gasteiger partial charge in [0.15, 0.2) is 0 Å². The molecule has 0 radical (unpaired) electrons. The maximum absolute atomic E-state index is 6.01. The summed E-state index contributed by atoms with van der Waals surface area (Å²) in [7, 11) is 0. The van der Waals surface area contributed by atoms with E-state index in [2.05, 4.69) is 30.7 Å². The first kappa shape index (κ1) is 11.1. The molecule has 0 fully saturated rings. The topological polar surface area (TPSA) is 0 Å². The predicted octanol–water partition coefficient (Wildman–Crippen LogP) is 4.34. The third-order valence-corrected chi connectivity index (χ3v) is 3.76. The molecule has 0 aromatic carbocycles. The van der Waals surface area contributed by atoms with Crippen molar-refractivity contribution >= 4 is 22.9 Å². The van der Waals surface area contributed by atoms with Crippen LogP contribution in [0.3, 0.4) is 0 Å². The van der Waals surface area contributed by atoms with E-state index in [0.29, 0.717) is 0 Å². The van der Waals surface area contributed by atoms with Crippen LogP contribution in [0.2, 0.25) is 0 Å². The van der Waals surface area contributed by atoms with Crippen molar-refractivity contribution < 1.29 is 0 Å². The van der Waals surface area contributed by atoms with Gasteiger partial charge in [0.1, 0.15) is 0 Å². The molecule has 0 aliphatic carbocycles. The van der Waals surface area contributed by atoms with Crippen molar-refractivity contribution in [1.29, 1.82) is 0 Å². The van der Waals surface area contributed by atoms with Gasteiger partial charge in [0.25, 0.3) is 0 Å². The minimum Gasteiger partial charge on any atom is -0.152 e. The van der Waals surface area contributed by atoms with Crippen LogP contribution in [0.25, 0.3) is 0 Å². The molecule has 0 saturated carbocycles. The summed E-state index contributed by atoms with van der Waals surface area (Å²) < 4.78 is 0. The summed E-state index contributed by atoms with van der Waals surface area (Å²) in [5.41, 5.74) is 1.72. The highest BCUT2D eigenvalue weighted by molar-refractivity contribution is 7.07. The highest BCUT2D eigenvalue weighted by Gasteiger charge is 2.22. The maximum Gasteiger partial charge on any atom is 0.0280 e. The lowest BCUT2D eigenvalue weighted by atomic mass is 9.82. The first-order valence-corrected chi connectivity index (χ1v) is 6.25. The van der Waals surface area contributed by atoms with Gasteiger partial charge in [0.05, 0.1) is 0 Å². The minimum absolute atomic E-state index is 0.289. The third kappa shape index (κ3) is 3.32. The molecular formula is C11H17ClS. The highest BCUT2D eigenvalue weighted by Crippen LogP contribution is 2.30. The van der Waals surface area contributed by atoms with E-state index in [0.717, 1.165) is 12.3 Å². The Balaban J connectivity index is 2.58. The van der Waals surface area contributed by atoms with E-state index in [-0.39, 0.29) is 5.41 Å². The summed E-state index contributed by atoms with van der Waals surface area (Å²) in [6.07, 6.45) is 3.55. The summed E-state index contributed by atoms with van der Waals surface area (Å²) in [4.78, 5) is 0. The second-order valence-corrected chi connectivity index (χ2v) is 5.05. The summed E-state index contributed by atoms with van der Waals surface area (Å²) in [5, 5.41) is 4.36. The first-order valence-electron chi connectivity index (χ1n) is 4.77. The Hall–Kier alpha value is -0.0100. The van der Waals surface area contributed by atoms with Crippen molar-refractivity contribution in [2.45, 2.75) is 33.1 Å². The Morgan fingerprint density at radius 3 is 2.77 bits per heavy atom. The maximum atomic E-state index is 6.01. The number of thiophene rings is 1. The molecule has 1 unspecified atom stereocenters. The third-order valence-electron chi connectivity index (χ3n) is 2.39. The molecule has 1 aromatic heterocycles. The van der Waals surface area contributed by atoms with Gasteiger partial charge >= 0.3 is 0 Å². The fraction of sp³-hybridized carbons (Fsp3) is 0.636. The number of hydrogen-bond acceptors (Lipinski definition) is 1. The van der Waals surface area contributed by atoms with Gasteiger partial charge in [-0.2, -0.15) is 11.3 Å². The van der Waals surface area contributed by atoms with Gasteiger partial charge in [0, 0.05) is 5.88 Å². The Kier molecular flexibility index (Phi) is 4.27. The fourth-order valence-electron chi connectivity index (χ4n) is 1.69. The van der Waals surface area contributed by atoms with Crippen molar-refractivity contribution in [1.82, 2.24) is 0 Å². The average molecular weight is 217 g/mol. The van der Waals surface area contributed by atoms with Crippen molar-refractivity contribution in [2.24, 2.45) is 5.41 Å². The molecule has 0 saturated heterocycles. The van der Waals surface area contributed by atoms with E-state index >= 15 is 0 Å². The van der Waals surface area contributed by atoms with Crippen LogP contribution >= 0.6 is 22.9 Å². The molecular weight excluding hydrogens is 200 g/mol. The van der Waals surface area contributed by atoms with Gasteiger partial charge in [-0.05, 0) is 40.6 Å². The van der Waals surface area contributed by atoms with Crippen LogP contribution in [0.5, 0.6) is 0 Å². The second-order valence-electron chi connectivity index (χ2n) is 4.00. The van der Waals surface area contributed by atoms with Gasteiger partial charge in [-0.3, -0.25) is 0 Å². The second kappa shape index (κ2) is 5.02. The Labute approximate surface area is 89.9 Å². The Morgan fingerprint density at radius 1 is 1.54 bits per heavy atom. The number of halogens is 1. The molecule has 0 amide bonds. The lowest BCUT2D eigenvalue weighted by Crippen LogP contribution is -2.21. The molecule has 13 heavy (non-hydrogen) atoms. The van der Waals surface area contributed by atoms with E-state index < -0.39 is 0 Å². The van der Waals surface area contributed by atoms with Gasteiger partial charge in [0.2, 0.25) is 0 Å². The quantitative estimate of drug-likeness (QED) is 0.643. The van der Waals surface area contributed by atoms with E-state index in [9.17, 15) is 0 Å². The van der Waals surface area contributed by atoms with E-state index in [4.69, 9.17) is 11.6 Å². The van der Waals surface area contributed by atoms with Gasteiger partial charge in [-0.15, -0.1) is 11.6 Å². The normalized spacial score (nSPS) is 15.6. The number of hydrogen-bond donors (Lipinski definition) is 0. The van der Waals surface area contributed by atoms with E-state index in [1.807, 2.05) is 0 Å². The predicted molar refractivity (Wildman–Crippen MR) is 61.8 cm³/mol. The zero-order valence-corrected chi connectivity index (χ0v) is 9.92. The lowest BCUT2D eigenvalue weighted by Gasteiger charge is -2.26. The summed E-state index contributed by atoms with van der Waals surface area (Å²) in [5.74, 6) is 0.761. The molecule has 1 heterocycles. The number of alkyl halides is 1. The van der Waals surface area contributed by atoms with Gasteiger partial charge < -0.3 is 0 Å². The standard InChI is InChI=1S/C11H17ClS/c1-3-5-11(2,9-12)7-10-4-6-13-8-10/h4,6,8H,3,5,7,9H2,1-2H3. The fourth-order valence-corrected chi connectivity index (χ4v) is 2.59. The van der Waals surface area contributed by atoms with Gasteiger partial charge in [-0.1, -0.05) is 20.3 Å². The van der Waals surface area contributed by atoms with Crippen molar-refractivity contribution in [3.63, 3.8) is 0 Å². The monoisotopic (exact) mass is 216 g/mol. The van der Waals surface area contributed by atoms with Crippen LogP contribution in [0.4, 0.5) is 0 Å². The molecule has 74 valence electrons. The van der Waals surface area contributed by atoms with Crippen LogP contribution in [-0.2, 0) is 6.42 Å². The SMILES string of the molecule is CCCC(C)(CCl)Cc1ccsc1. The highest BCUT2D eigenvalue weighted by atomic mass is 35.5. The molecule has 0 nitrogen and oxygen atoms in total. The number of rotatable bonds is 5. The summed E-state index contributed by atoms with van der Waals surface area (Å²) in [6.45, 7) is 4.50. The van der Waals surface area contributed by atoms with E-state index in [1.165, 1.54) is 18.4 Å². The van der Waals surface area contributed by atoms with Crippen LogP contribution in [0.1, 0.15) is 32.3 Å².